The average Bonchev–Trinajstić information content (AvgIpc) is 2.37. The van der Waals surface area contributed by atoms with Gasteiger partial charge in [0, 0.05) is 18.2 Å². The third-order valence-corrected chi connectivity index (χ3v) is 2.96. The van der Waals surface area contributed by atoms with Crippen LogP contribution in [0.1, 0.15) is 24.2 Å². The van der Waals surface area contributed by atoms with Crippen molar-refractivity contribution < 1.29 is 9.72 Å². The number of para-hydroxylation sites is 1. The Morgan fingerprint density at radius 3 is 2.53 bits per heavy atom. The molecule has 17 heavy (non-hydrogen) atoms. The predicted octanol–water partition coefficient (Wildman–Crippen LogP) is 1.53. The topological polar surface area (TPSA) is 84.3 Å². The minimum atomic E-state index is -0.484. The highest BCUT2D eigenvalue weighted by Crippen LogP contribution is 2.30. The highest BCUT2D eigenvalue weighted by Gasteiger charge is 2.28. The van der Waals surface area contributed by atoms with Crippen molar-refractivity contribution >= 4 is 17.3 Å². The molecule has 2 atom stereocenters. The van der Waals surface area contributed by atoms with Crippen LogP contribution in [0.15, 0.2) is 18.2 Å². The number of hydrogen-bond donors (Lipinski definition) is 2. The second kappa shape index (κ2) is 4.04. The Morgan fingerprint density at radius 1 is 1.24 bits per heavy atom. The van der Waals surface area contributed by atoms with Gasteiger partial charge < -0.3 is 10.6 Å². The lowest BCUT2D eigenvalue weighted by Gasteiger charge is -2.18. The van der Waals surface area contributed by atoms with Crippen LogP contribution in [0.2, 0.25) is 0 Å². The second-order valence-electron chi connectivity index (χ2n) is 4.15. The van der Waals surface area contributed by atoms with Crippen LogP contribution >= 0.6 is 0 Å². The summed E-state index contributed by atoms with van der Waals surface area (Å²) >= 11 is 0. The molecule has 6 nitrogen and oxygen atoms in total. The first-order chi connectivity index (χ1) is 8.00. The molecule has 1 aromatic rings. The van der Waals surface area contributed by atoms with Crippen LogP contribution in [0.5, 0.6) is 0 Å². The van der Waals surface area contributed by atoms with Crippen LogP contribution in [-0.2, 0) is 0 Å². The van der Waals surface area contributed by atoms with Crippen molar-refractivity contribution in [3.05, 3.63) is 33.9 Å². The van der Waals surface area contributed by atoms with E-state index >= 15 is 0 Å². The molecule has 1 amide bonds. The number of nitro groups is 1. The summed E-state index contributed by atoms with van der Waals surface area (Å²) in [7, 11) is 0. The third kappa shape index (κ3) is 1.93. The van der Waals surface area contributed by atoms with E-state index in [-0.39, 0.29) is 23.7 Å². The number of carbonyl (C=O) groups is 1. The van der Waals surface area contributed by atoms with E-state index < -0.39 is 4.92 Å². The normalized spacial score (nSPS) is 23.1. The number of nitrogens with zero attached hydrogens (tertiary/aromatic N) is 1. The van der Waals surface area contributed by atoms with Crippen molar-refractivity contribution in [3.63, 3.8) is 0 Å². The number of carbonyl (C=O) groups excluding carboxylic acids is 1. The van der Waals surface area contributed by atoms with Gasteiger partial charge in [-0.25, -0.2) is 0 Å². The largest absolute Gasteiger partial charge is 0.374 e. The molecule has 2 rings (SSSR count). The monoisotopic (exact) mass is 235 g/mol. The molecule has 90 valence electrons. The van der Waals surface area contributed by atoms with Crippen molar-refractivity contribution in [1.82, 2.24) is 5.32 Å². The number of nitrogens with one attached hydrogen (secondary N) is 2. The van der Waals surface area contributed by atoms with Crippen LogP contribution in [0.3, 0.4) is 0 Å². The van der Waals surface area contributed by atoms with E-state index in [1.165, 1.54) is 12.1 Å². The van der Waals surface area contributed by atoms with E-state index in [4.69, 9.17) is 0 Å². The van der Waals surface area contributed by atoms with Crippen LogP contribution in [0.25, 0.3) is 0 Å². The van der Waals surface area contributed by atoms with Gasteiger partial charge in [0.25, 0.3) is 11.6 Å². The molecule has 0 fully saturated rings. The number of amides is 1. The molecular formula is C11H13N3O3. The summed E-state index contributed by atoms with van der Waals surface area (Å²) in [6.07, 6.45) is 0. The molecule has 1 aliphatic rings. The summed E-state index contributed by atoms with van der Waals surface area (Å²) in [6.45, 7) is 3.73. The number of nitro benzene ring substituents is 1. The van der Waals surface area contributed by atoms with E-state index in [2.05, 4.69) is 10.6 Å². The molecule has 0 saturated carbocycles. The first-order valence-corrected chi connectivity index (χ1v) is 5.35. The van der Waals surface area contributed by atoms with Crippen molar-refractivity contribution in [3.8, 4) is 0 Å². The average molecular weight is 235 g/mol. The summed E-state index contributed by atoms with van der Waals surface area (Å²) in [4.78, 5) is 22.3. The van der Waals surface area contributed by atoms with E-state index in [9.17, 15) is 14.9 Å². The van der Waals surface area contributed by atoms with Gasteiger partial charge in [-0.05, 0) is 19.9 Å². The maximum Gasteiger partial charge on any atom is 0.293 e. The highest BCUT2D eigenvalue weighted by molar-refractivity contribution is 6.02. The Bertz CT molecular complexity index is 487. The molecule has 0 aromatic heterocycles. The van der Waals surface area contributed by atoms with Gasteiger partial charge in [0.15, 0.2) is 0 Å². The van der Waals surface area contributed by atoms with Crippen molar-refractivity contribution in [2.75, 3.05) is 5.32 Å². The molecule has 6 heteroatoms. The first-order valence-electron chi connectivity index (χ1n) is 5.35. The summed E-state index contributed by atoms with van der Waals surface area (Å²) < 4.78 is 0. The van der Waals surface area contributed by atoms with Gasteiger partial charge >= 0.3 is 0 Å². The lowest BCUT2D eigenvalue weighted by molar-refractivity contribution is -0.384. The SMILES string of the molecule is CC1NC(=O)c2cccc([N+](=O)[O-])c2NC1C. The van der Waals surface area contributed by atoms with E-state index in [1.54, 1.807) is 6.07 Å². The minimum Gasteiger partial charge on any atom is -0.374 e. The van der Waals surface area contributed by atoms with Crippen molar-refractivity contribution in [2.24, 2.45) is 0 Å². The standard InChI is InChI=1S/C11H13N3O3/c1-6-7(2)13-11(15)8-4-3-5-9(14(16)17)10(8)12-6/h3-7,12H,1-2H3,(H,13,15). The summed E-state index contributed by atoms with van der Waals surface area (Å²) in [5.41, 5.74) is 0.542. The molecule has 1 heterocycles. The first kappa shape index (κ1) is 11.4. The molecule has 0 bridgehead atoms. The van der Waals surface area contributed by atoms with Crippen molar-refractivity contribution in [1.29, 1.82) is 0 Å². The van der Waals surface area contributed by atoms with Gasteiger partial charge in [-0.2, -0.15) is 0 Å². The van der Waals surface area contributed by atoms with E-state index in [1.807, 2.05) is 13.8 Å². The fraction of sp³-hybridized carbons (Fsp3) is 0.364. The second-order valence-corrected chi connectivity index (χ2v) is 4.15. The molecule has 0 spiro atoms. The van der Waals surface area contributed by atoms with E-state index in [0.29, 0.717) is 11.3 Å². The summed E-state index contributed by atoms with van der Waals surface area (Å²) in [6, 6.07) is 4.33. The molecule has 0 saturated heterocycles. The predicted molar refractivity (Wildman–Crippen MR) is 63.1 cm³/mol. The van der Waals surface area contributed by atoms with Gasteiger partial charge in [0.2, 0.25) is 0 Å². The summed E-state index contributed by atoms with van der Waals surface area (Å²) in [5.74, 6) is -0.284. The Morgan fingerprint density at radius 2 is 1.88 bits per heavy atom. The van der Waals surface area contributed by atoms with E-state index in [0.717, 1.165) is 0 Å². The summed E-state index contributed by atoms with van der Waals surface area (Å²) in [5, 5.41) is 16.7. The Kier molecular flexibility index (Phi) is 2.71. The molecule has 1 aliphatic heterocycles. The quantitative estimate of drug-likeness (QED) is 0.571. The Balaban J connectivity index is 2.57. The van der Waals surface area contributed by atoms with Gasteiger partial charge in [-0.3, -0.25) is 14.9 Å². The third-order valence-electron chi connectivity index (χ3n) is 2.96. The lowest BCUT2D eigenvalue weighted by atomic mass is 10.1. The highest BCUT2D eigenvalue weighted by atomic mass is 16.6. The maximum absolute atomic E-state index is 11.9. The maximum atomic E-state index is 11.9. The van der Waals surface area contributed by atoms with Crippen LogP contribution in [0.4, 0.5) is 11.4 Å². The fourth-order valence-electron chi connectivity index (χ4n) is 1.80. The van der Waals surface area contributed by atoms with Crippen LogP contribution in [0, 0.1) is 10.1 Å². The zero-order chi connectivity index (χ0) is 12.6. The fourth-order valence-corrected chi connectivity index (χ4v) is 1.80. The Labute approximate surface area is 98.2 Å². The number of fused-ring (bicyclic) bond motifs is 1. The number of benzene rings is 1. The van der Waals surface area contributed by atoms with Crippen molar-refractivity contribution in [2.45, 2.75) is 25.9 Å². The number of rotatable bonds is 1. The Hall–Kier alpha value is -2.11. The molecule has 0 aliphatic carbocycles. The molecular weight excluding hydrogens is 222 g/mol. The number of hydrogen-bond acceptors (Lipinski definition) is 4. The van der Waals surface area contributed by atoms with Gasteiger partial charge in [-0.15, -0.1) is 0 Å². The lowest BCUT2D eigenvalue weighted by Crippen LogP contribution is -2.40. The van der Waals surface area contributed by atoms with Gasteiger partial charge in [0.1, 0.15) is 5.69 Å². The zero-order valence-electron chi connectivity index (χ0n) is 9.56. The minimum absolute atomic E-state index is 0.0682. The molecule has 2 N–H and O–H groups in total. The smallest absolute Gasteiger partial charge is 0.293 e. The van der Waals surface area contributed by atoms with Crippen LogP contribution in [-0.4, -0.2) is 22.9 Å². The number of anilines is 1. The van der Waals surface area contributed by atoms with Crippen LogP contribution < -0.4 is 10.6 Å². The molecule has 0 radical (unpaired) electrons. The van der Waals surface area contributed by atoms with Gasteiger partial charge in [0.05, 0.1) is 10.5 Å². The zero-order valence-corrected chi connectivity index (χ0v) is 9.56. The molecule has 2 unspecified atom stereocenters. The van der Waals surface area contributed by atoms with Gasteiger partial charge in [-0.1, -0.05) is 6.07 Å². The molecule has 1 aromatic carbocycles.